The topological polar surface area (TPSA) is 88.5 Å². The molecule has 0 saturated carbocycles. The van der Waals surface area contributed by atoms with Crippen molar-refractivity contribution in [3.05, 3.63) is 0 Å². The average Bonchev–Trinajstić information content (AvgIpc) is 2.01. The van der Waals surface area contributed by atoms with Crippen molar-refractivity contribution in [2.24, 2.45) is 10.9 Å². The summed E-state index contributed by atoms with van der Waals surface area (Å²) in [6.07, 6.45) is -0.496. The van der Waals surface area contributed by atoms with Crippen molar-refractivity contribution in [1.29, 1.82) is 5.26 Å². The van der Waals surface area contributed by atoms with E-state index in [4.69, 9.17) is 5.26 Å². The predicted molar refractivity (Wildman–Crippen MR) is 46.5 cm³/mol. The summed E-state index contributed by atoms with van der Waals surface area (Å²) >= 11 is 1.34. The zero-order chi connectivity index (χ0) is 9.40. The van der Waals surface area contributed by atoms with Gasteiger partial charge < -0.3 is 5.73 Å². The van der Waals surface area contributed by atoms with E-state index < -0.39 is 6.09 Å². The maximum atomic E-state index is 10.1. The molecule has 2 N–H and O–H groups in total. The first kappa shape index (κ1) is 10.8. The van der Waals surface area contributed by atoms with Crippen molar-refractivity contribution in [3.63, 3.8) is 0 Å². The number of thioether (sulfide) groups is 1. The maximum absolute atomic E-state index is 10.1. The summed E-state index contributed by atoms with van der Waals surface area (Å²) in [6.45, 7) is 1.67. The summed E-state index contributed by atoms with van der Waals surface area (Å²) in [6, 6.07) is 1.98. The lowest BCUT2D eigenvalue weighted by Gasteiger charge is -1.95. The molecule has 0 saturated heterocycles. The van der Waals surface area contributed by atoms with Crippen molar-refractivity contribution >= 4 is 22.9 Å². The largest absolute Gasteiger partial charge is 0.430 e. The molecule has 0 aliphatic carbocycles. The lowest BCUT2D eigenvalue weighted by molar-refractivity contribution is 0.162. The second-order valence-corrected chi connectivity index (χ2v) is 3.06. The Kier molecular flexibility index (Phi) is 5.83. The van der Waals surface area contributed by atoms with Crippen LogP contribution in [0.2, 0.25) is 0 Å². The third-order valence-electron chi connectivity index (χ3n) is 0.789. The first-order chi connectivity index (χ1) is 5.66. The van der Waals surface area contributed by atoms with E-state index in [-0.39, 0.29) is 0 Å². The minimum Gasteiger partial charge on any atom is -0.333 e. The van der Waals surface area contributed by atoms with Crippen molar-refractivity contribution in [3.8, 4) is 6.07 Å². The maximum Gasteiger partial charge on any atom is 0.430 e. The highest BCUT2D eigenvalue weighted by atomic mass is 32.2. The zero-order valence-electron chi connectivity index (χ0n) is 6.61. The first-order valence-electron chi connectivity index (χ1n) is 3.17. The third-order valence-corrected chi connectivity index (χ3v) is 1.69. The van der Waals surface area contributed by atoms with E-state index in [0.717, 1.165) is 0 Å². The lowest BCUT2D eigenvalue weighted by atomic mass is 10.6. The number of amides is 1. The van der Waals surface area contributed by atoms with Crippen LogP contribution in [0, 0.1) is 11.3 Å². The van der Waals surface area contributed by atoms with Crippen LogP contribution in [0.25, 0.3) is 0 Å². The molecule has 1 amide bonds. The van der Waals surface area contributed by atoms with Gasteiger partial charge in [-0.15, -0.1) is 11.8 Å². The second kappa shape index (κ2) is 6.49. The molecule has 6 heteroatoms. The van der Waals surface area contributed by atoms with Gasteiger partial charge in [-0.1, -0.05) is 5.16 Å². The quantitative estimate of drug-likeness (QED) is 0.235. The Morgan fingerprint density at radius 3 is 3.00 bits per heavy atom. The number of oxime groups is 1. The highest BCUT2D eigenvalue weighted by molar-refractivity contribution is 8.13. The molecule has 0 spiro atoms. The highest BCUT2D eigenvalue weighted by Gasteiger charge is 1.95. The van der Waals surface area contributed by atoms with Crippen LogP contribution in [0.4, 0.5) is 4.79 Å². The van der Waals surface area contributed by atoms with Gasteiger partial charge in [-0.25, -0.2) is 4.79 Å². The summed E-state index contributed by atoms with van der Waals surface area (Å²) in [5, 5.41) is 12.2. The van der Waals surface area contributed by atoms with Crippen LogP contribution in [0.15, 0.2) is 5.16 Å². The average molecular weight is 187 g/mol. The van der Waals surface area contributed by atoms with Gasteiger partial charge in [0.05, 0.1) is 6.07 Å². The molecule has 0 aliphatic heterocycles. The normalized spacial score (nSPS) is 10.5. The molecule has 0 bridgehead atoms. The van der Waals surface area contributed by atoms with Crippen LogP contribution in [0.1, 0.15) is 13.3 Å². The van der Waals surface area contributed by atoms with Gasteiger partial charge in [0.1, 0.15) is 5.04 Å². The van der Waals surface area contributed by atoms with Gasteiger partial charge in [0, 0.05) is 12.2 Å². The molecule has 5 nitrogen and oxygen atoms in total. The van der Waals surface area contributed by atoms with Crippen molar-refractivity contribution in [1.82, 2.24) is 0 Å². The number of hydrogen-bond donors (Lipinski definition) is 1. The zero-order valence-corrected chi connectivity index (χ0v) is 7.43. The fraction of sp³-hybridized carbons (Fsp3) is 0.500. The first-order valence-corrected chi connectivity index (χ1v) is 4.16. The molecular formula is C6H9N3O2S. The number of nitrogens with zero attached hydrogens (tertiary/aromatic N) is 2. The molecule has 0 aromatic heterocycles. The Morgan fingerprint density at radius 2 is 2.50 bits per heavy atom. The number of nitriles is 1. The van der Waals surface area contributed by atoms with Gasteiger partial charge in [0.2, 0.25) is 0 Å². The molecule has 66 valence electrons. The Balaban J connectivity index is 3.57. The van der Waals surface area contributed by atoms with E-state index >= 15 is 0 Å². The molecular weight excluding hydrogens is 178 g/mol. The predicted octanol–water partition coefficient (Wildman–Crippen LogP) is 1.06. The fourth-order valence-electron chi connectivity index (χ4n) is 0.380. The smallest absolute Gasteiger partial charge is 0.333 e. The molecule has 0 aliphatic rings. The van der Waals surface area contributed by atoms with E-state index in [9.17, 15) is 4.79 Å². The Bertz CT molecular complexity index is 221. The minimum absolute atomic E-state index is 0.439. The SMILES string of the molecule is C/C(=N\OC(N)=O)SCCC#N. The summed E-state index contributed by atoms with van der Waals surface area (Å²) in [7, 11) is 0. The number of rotatable bonds is 3. The van der Waals surface area contributed by atoms with Crippen LogP contribution < -0.4 is 5.73 Å². The minimum atomic E-state index is -0.935. The molecule has 0 unspecified atom stereocenters. The monoisotopic (exact) mass is 187 g/mol. The van der Waals surface area contributed by atoms with Gasteiger partial charge in [0.25, 0.3) is 0 Å². The Hall–Kier alpha value is -1.22. The molecule has 0 fully saturated rings. The summed E-state index contributed by atoms with van der Waals surface area (Å²) in [5.74, 6) is 0.633. The Morgan fingerprint density at radius 1 is 1.83 bits per heavy atom. The molecule has 0 radical (unpaired) electrons. The number of carbonyl (C=O) groups is 1. The van der Waals surface area contributed by atoms with Crippen LogP contribution in [-0.4, -0.2) is 16.9 Å². The molecule has 0 rings (SSSR count). The van der Waals surface area contributed by atoms with Gasteiger partial charge in [0.15, 0.2) is 0 Å². The van der Waals surface area contributed by atoms with E-state index in [0.29, 0.717) is 17.2 Å². The Labute approximate surface area is 74.5 Å². The van der Waals surface area contributed by atoms with Crippen LogP contribution in [0.3, 0.4) is 0 Å². The van der Waals surface area contributed by atoms with Crippen LogP contribution in [0.5, 0.6) is 0 Å². The molecule has 0 aromatic rings. The third kappa shape index (κ3) is 6.89. The van der Waals surface area contributed by atoms with Gasteiger partial charge in [-0.3, -0.25) is 4.84 Å². The van der Waals surface area contributed by atoms with Crippen molar-refractivity contribution in [2.45, 2.75) is 13.3 Å². The number of hydrogen-bond acceptors (Lipinski definition) is 5. The van der Waals surface area contributed by atoms with Gasteiger partial charge >= 0.3 is 6.09 Å². The van der Waals surface area contributed by atoms with Gasteiger partial charge in [-0.2, -0.15) is 5.26 Å². The summed E-state index contributed by atoms with van der Waals surface area (Å²) in [5.41, 5.74) is 4.67. The second-order valence-electron chi connectivity index (χ2n) is 1.78. The summed E-state index contributed by atoms with van der Waals surface area (Å²) in [4.78, 5) is 14.2. The van der Waals surface area contributed by atoms with E-state index in [2.05, 4.69) is 15.7 Å². The van der Waals surface area contributed by atoms with E-state index in [1.807, 2.05) is 6.07 Å². The lowest BCUT2D eigenvalue weighted by Crippen LogP contribution is -2.09. The van der Waals surface area contributed by atoms with Crippen LogP contribution >= 0.6 is 11.8 Å². The fourth-order valence-corrected chi connectivity index (χ4v) is 0.959. The molecule has 0 aromatic carbocycles. The van der Waals surface area contributed by atoms with E-state index in [1.165, 1.54) is 11.8 Å². The number of carbonyl (C=O) groups excluding carboxylic acids is 1. The molecule has 0 heterocycles. The molecule has 0 atom stereocenters. The van der Waals surface area contributed by atoms with Gasteiger partial charge in [-0.05, 0) is 6.92 Å². The molecule has 12 heavy (non-hydrogen) atoms. The standard InChI is InChI=1S/C6H9N3O2S/c1-5(9-11-6(8)10)12-4-2-3-7/h2,4H2,1H3,(H2,8,10)/b9-5+. The van der Waals surface area contributed by atoms with Crippen molar-refractivity contribution in [2.75, 3.05) is 5.75 Å². The van der Waals surface area contributed by atoms with E-state index in [1.54, 1.807) is 6.92 Å². The van der Waals surface area contributed by atoms with Crippen LogP contribution in [-0.2, 0) is 4.84 Å². The van der Waals surface area contributed by atoms with Crippen molar-refractivity contribution < 1.29 is 9.63 Å². The highest BCUT2D eigenvalue weighted by Crippen LogP contribution is 2.04. The summed E-state index contributed by atoms with van der Waals surface area (Å²) < 4.78 is 0. The number of primary amides is 1. The number of nitrogens with two attached hydrogens (primary N) is 1.